The summed E-state index contributed by atoms with van der Waals surface area (Å²) in [5.41, 5.74) is 0. The molecule has 0 aliphatic carbocycles. The van der Waals surface area contributed by atoms with Crippen LogP contribution in [0.25, 0.3) is 0 Å². The van der Waals surface area contributed by atoms with Crippen LogP contribution in [0.3, 0.4) is 0 Å². The third-order valence-electron chi connectivity index (χ3n) is 1.07. The number of hydrogen-bond acceptors (Lipinski definition) is 2. The molecular formula is C7H12ClNS. The Kier molecular flexibility index (Phi) is 5.45. The average Bonchev–Trinajstić information content (AvgIpc) is 2.34. The molecular weight excluding hydrogens is 166 g/mol. The van der Waals surface area contributed by atoms with Crippen LogP contribution in [0.4, 0.5) is 5.00 Å². The normalized spacial score (nSPS) is 8.50. The lowest BCUT2D eigenvalue weighted by Crippen LogP contribution is -1.96. The quantitative estimate of drug-likeness (QED) is 0.749. The van der Waals surface area contributed by atoms with Gasteiger partial charge in [0.05, 0.1) is 5.00 Å². The maximum atomic E-state index is 3.29. The van der Waals surface area contributed by atoms with Gasteiger partial charge in [0.2, 0.25) is 0 Å². The van der Waals surface area contributed by atoms with E-state index in [0.29, 0.717) is 0 Å². The third kappa shape index (κ3) is 3.08. The van der Waals surface area contributed by atoms with Gasteiger partial charge in [0.25, 0.3) is 0 Å². The monoisotopic (exact) mass is 177 g/mol. The summed E-state index contributed by atoms with van der Waals surface area (Å²) >= 11 is 1.75. The van der Waals surface area contributed by atoms with E-state index >= 15 is 0 Å². The minimum Gasteiger partial charge on any atom is -0.377 e. The molecule has 0 saturated heterocycles. The predicted molar refractivity (Wildman–Crippen MR) is 50.3 cm³/mol. The van der Waals surface area contributed by atoms with Gasteiger partial charge in [-0.25, -0.2) is 0 Å². The molecule has 58 valence electrons. The highest BCUT2D eigenvalue weighted by atomic mass is 35.5. The Balaban J connectivity index is 0.000000810. The molecule has 3 heteroatoms. The van der Waals surface area contributed by atoms with E-state index in [2.05, 4.69) is 29.8 Å². The lowest BCUT2D eigenvalue weighted by atomic mass is 10.5. The fourth-order valence-corrected chi connectivity index (χ4v) is 1.27. The van der Waals surface area contributed by atoms with E-state index in [1.165, 1.54) is 11.4 Å². The molecule has 10 heavy (non-hydrogen) atoms. The Hall–Kier alpha value is -0.210. The molecule has 0 aliphatic heterocycles. The average molecular weight is 178 g/mol. The summed E-state index contributed by atoms with van der Waals surface area (Å²) < 4.78 is 0. The molecule has 0 bridgehead atoms. The first-order valence-electron chi connectivity index (χ1n) is 3.21. The van der Waals surface area contributed by atoms with Crippen LogP contribution in [0, 0.1) is 0 Å². The van der Waals surface area contributed by atoms with Gasteiger partial charge in [0.1, 0.15) is 0 Å². The number of nitrogens with one attached hydrogen (secondary N) is 1. The summed E-state index contributed by atoms with van der Waals surface area (Å²) in [4.78, 5) is 0. The van der Waals surface area contributed by atoms with Crippen molar-refractivity contribution in [3.05, 3.63) is 17.5 Å². The topological polar surface area (TPSA) is 12.0 Å². The first-order valence-corrected chi connectivity index (χ1v) is 4.09. The smallest absolute Gasteiger partial charge is 0.0882 e. The first kappa shape index (κ1) is 9.79. The van der Waals surface area contributed by atoms with Gasteiger partial charge in [-0.2, -0.15) is 0 Å². The van der Waals surface area contributed by atoms with E-state index in [9.17, 15) is 0 Å². The summed E-state index contributed by atoms with van der Waals surface area (Å²) in [6.07, 6.45) is 1.19. The van der Waals surface area contributed by atoms with Crippen molar-refractivity contribution in [3.63, 3.8) is 0 Å². The number of anilines is 1. The SMILES string of the molecule is CCCNc1cccs1.Cl. The van der Waals surface area contributed by atoms with Crippen LogP contribution in [-0.2, 0) is 0 Å². The minimum atomic E-state index is 0. The Morgan fingerprint density at radius 2 is 2.40 bits per heavy atom. The highest BCUT2D eigenvalue weighted by molar-refractivity contribution is 7.14. The zero-order valence-electron chi connectivity index (χ0n) is 5.96. The van der Waals surface area contributed by atoms with Crippen molar-refractivity contribution < 1.29 is 0 Å². The summed E-state index contributed by atoms with van der Waals surface area (Å²) in [6, 6.07) is 4.16. The molecule has 1 nitrogen and oxygen atoms in total. The third-order valence-corrected chi connectivity index (χ3v) is 1.90. The maximum Gasteiger partial charge on any atom is 0.0882 e. The summed E-state index contributed by atoms with van der Waals surface area (Å²) in [5.74, 6) is 0. The summed E-state index contributed by atoms with van der Waals surface area (Å²) in [6.45, 7) is 3.25. The van der Waals surface area contributed by atoms with Crippen LogP contribution in [0.1, 0.15) is 13.3 Å². The van der Waals surface area contributed by atoms with E-state index in [1.807, 2.05) is 0 Å². The van der Waals surface area contributed by atoms with Crippen LogP contribution < -0.4 is 5.32 Å². The predicted octanol–water partition coefficient (Wildman–Crippen LogP) is 2.99. The fourth-order valence-electron chi connectivity index (χ4n) is 0.627. The maximum absolute atomic E-state index is 3.29. The van der Waals surface area contributed by atoms with Gasteiger partial charge in [0.15, 0.2) is 0 Å². The van der Waals surface area contributed by atoms with E-state index in [4.69, 9.17) is 0 Å². The zero-order chi connectivity index (χ0) is 6.53. The molecule has 1 aromatic rings. The van der Waals surface area contributed by atoms with Crippen LogP contribution in [-0.4, -0.2) is 6.54 Å². The summed E-state index contributed by atoms with van der Waals surface area (Å²) in [7, 11) is 0. The molecule has 0 aromatic carbocycles. The van der Waals surface area contributed by atoms with Crippen molar-refractivity contribution in [2.45, 2.75) is 13.3 Å². The second-order valence-corrected chi connectivity index (χ2v) is 2.85. The first-order chi connectivity index (χ1) is 4.43. The Bertz CT molecular complexity index is 151. The van der Waals surface area contributed by atoms with Crippen LogP contribution in [0.15, 0.2) is 17.5 Å². The Labute approximate surface area is 71.9 Å². The fraction of sp³-hybridized carbons (Fsp3) is 0.429. The van der Waals surface area contributed by atoms with Gasteiger partial charge < -0.3 is 5.32 Å². The number of hydrogen-bond donors (Lipinski definition) is 1. The number of rotatable bonds is 3. The molecule has 0 atom stereocenters. The van der Waals surface area contributed by atoms with Crippen molar-refractivity contribution in [3.8, 4) is 0 Å². The molecule has 0 aliphatic rings. The van der Waals surface area contributed by atoms with Crippen molar-refractivity contribution >= 4 is 28.7 Å². The van der Waals surface area contributed by atoms with Gasteiger partial charge >= 0.3 is 0 Å². The van der Waals surface area contributed by atoms with E-state index in [0.717, 1.165) is 6.54 Å². The molecule has 1 aromatic heterocycles. The number of thiophene rings is 1. The van der Waals surface area contributed by atoms with E-state index in [-0.39, 0.29) is 12.4 Å². The van der Waals surface area contributed by atoms with Gasteiger partial charge in [0, 0.05) is 6.54 Å². The lowest BCUT2D eigenvalue weighted by molar-refractivity contribution is 0.984. The molecule has 0 unspecified atom stereocenters. The van der Waals surface area contributed by atoms with Crippen molar-refractivity contribution in [2.24, 2.45) is 0 Å². The van der Waals surface area contributed by atoms with Gasteiger partial charge in [-0.05, 0) is 23.9 Å². The van der Waals surface area contributed by atoms with Crippen LogP contribution in [0.5, 0.6) is 0 Å². The van der Waals surface area contributed by atoms with Crippen molar-refractivity contribution in [1.82, 2.24) is 0 Å². The molecule has 0 fully saturated rings. The van der Waals surface area contributed by atoms with Gasteiger partial charge in [-0.15, -0.1) is 23.7 Å². The van der Waals surface area contributed by atoms with Crippen LogP contribution in [0.2, 0.25) is 0 Å². The Morgan fingerprint density at radius 1 is 1.60 bits per heavy atom. The molecule has 0 radical (unpaired) electrons. The van der Waals surface area contributed by atoms with Gasteiger partial charge in [-0.3, -0.25) is 0 Å². The van der Waals surface area contributed by atoms with Crippen molar-refractivity contribution in [2.75, 3.05) is 11.9 Å². The highest BCUT2D eigenvalue weighted by Crippen LogP contribution is 2.14. The Morgan fingerprint density at radius 3 is 2.90 bits per heavy atom. The second-order valence-electron chi connectivity index (χ2n) is 1.90. The zero-order valence-corrected chi connectivity index (χ0v) is 7.60. The molecule has 1 heterocycles. The molecule has 1 rings (SSSR count). The largest absolute Gasteiger partial charge is 0.377 e. The van der Waals surface area contributed by atoms with E-state index in [1.54, 1.807) is 11.3 Å². The van der Waals surface area contributed by atoms with E-state index < -0.39 is 0 Å². The van der Waals surface area contributed by atoms with Crippen molar-refractivity contribution in [1.29, 1.82) is 0 Å². The minimum absolute atomic E-state index is 0. The molecule has 0 saturated carbocycles. The lowest BCUT2D eigenvalue weighted by Gasteiger charge is -1.97. The number of halogens is 1. The molecule has 0 amide bonds. The van der Waals surface area contributed by atoms with Gasteiger partial charge in [-0.1, -0.05) is 6.92 Å². The highest BCUT2D eigenvalue weighted by Gasteiger charge is 1.86. The van der Waals surface area contributed by atoms with Crippen LogP contribution >= 0.6 is 23.7 Å². The standard InChI is InChI=1S/C7H11NS.ClH/c1-2-5-8-7-4-3-6-9-7;/h3-4,6,8H,2,5H2,1H3;1H. The second kappa shape index (κ2) is 5.57. The summed E-state index contributed by atoms with van der Waals surface area (Å²) in [5, 5.41) is 6.65. The molecule has 0 spiro atoms. The molecule has 1 N–H and O–H groups in total.